The molecule has 0 aromatic heterocycles. The molecule has 0 amide bonds. The summed E-state index contributed by atoms with van der Waals surface area (Å²) in [5, 5.41) is 11.5. The van der Waals surface area contributed by atoms with Gasteiger partial charge >= 0.3 is 0 Å². The summed E-state index contributed by atoms with van der Waals surface area (Å²) in [6.45, 7) is 16.5. The second kappa shape index (κ2) is 33.9. The zero-order chi connectivity index (χ0) is 25.2. The van der Waals surface area contributed by atoms with Gasteiger partial charge in [-0.3, -0.25) is 10.8 Å². The maximum atomic E-state index is 8.23. The number of aliphatic hydroxyl groups is 1. The van der Waals surface area contributed by atoms with E-state index in [2.05, 4.69) is 33.0 Å². The number of hydrogen-bond donors (Lipinski definition) is 2. The van der Waals surface area contributed by atoms with Crippen molar-refractivity contribution in [3.63, 3.8) is 0 Å². The number of rotatable bonds is 22. The normalized spacial score (nSPS) is 12.7. The Labute approximate surface area is 261 Å². The van der Waals surface area contributed by atoms with Crippen LogP contribution in [0.3, 0.4) is 0 Å². The average Bonchev–Trinajstić information content (AvgIpc) is 2.78. The Balaban J connectivity index is -0.000000464. The van der Waals surface area contributed by atoms with E-state index in [0.29, 0.717) is 77.8 Å². The van der Waals surface area contributed by atoms with Crippen molar-refractivity contribution in [2.24, 2.45) is 5.92 Å². The van der Waals surface area contributed by atoms with Crippen LogP contribution in [0.4, 0.5) is 0 Å². The van der Waals surface area contributed by atoms with E-state index in [0.717, 1.165) is 6.54 Å². The van der Waals surface area contributed by atoms with Crippen LogP contribution in [0.15, 0.2) is 12.2 Å². The fourth-order valence-electron chi connectivity index (χ4n) is 2.18. The minimum Gasteiger partial charge on any atom is -0.716 e. The van der Waals surface area contributed by atoms with Crippen molar-refractivity contribution in [3.05, 3.63) is 17.9 Å². The van der Waals surface area contributed by atoms with Crippen LogP contribution >= 0.6 is 10.8 Å². The molecule has 0 heterocycles. The van der Waals surface area contributed by atoms with Gasteiger partial charge in [-0.25, -0.2) is 0 Å². The third-order valence-corrected chi connectivity index (χ3v) is 5.66. The summed E-state index contributed by atoms with van der Waals surface area (Å²) in [5.41, 5.74) is 6.95. The Morgan fingerprint density at radius 3 is 1.89 bits per heavy atom. The first-order valence-corrected chi connectivity index (χ1v) is 13.5. The van der Waals surface area contributed by atoms with Gasteiger partial charge in [-0.2, -0.15) is 0 Å². The van der Waals surface area contributed by atoms with E-state index in [-0.39, 0.29) is 65.3 Å². The van der Waals surface area contributed by atoms with E-state index >= 15 is 0 Å². The Bertz CT molecular complexity index is 433. The predicted octanol–water partition coefficient (Wildman–Crippen LogP) is 3.61. The Morgan fingerprint density at radius 2 is 1.43 bits per heavy atom. The van der Waals surface area contributed by atoms with E-state index in [1.165, 1.54) is 10.8 Å². The van der Waals surface area contributed by atoms with Crippen molar-refractivity contribution in [2.45, 2.75) is 52.0 Å². The molecule has 0 aliphatic heterocycles. The molecule has 0 saturated heterocycles. The van der Waals surface area contributed by atoms with E-state index in [1.807, 2.05) is 13.0 Å². The minimum absolute atomic E-state index is 0. The third kappa shape index (κ3) is 38.1. The molecule has 0 bridgehead atoms. The van der Waals surface area contributed by atoms with Gasteiger partial charge in [-0.05, 0) is 12.8 Å². The molecule has 210 valence electrons. The summed E-state index contributed by atoms with van der Waals surface area (Å²) in [7, 11) is 1.27. The average molecular weight is 935 g/mol. The summed E-state index contributed by atoms with van der Waals surface area (Å²) in [5.74, 6) is 0.562. The van der Waals surface area contributed by atoms with Crippen LogP contribution in [0.1, 0.15) is 41.0 Å². The van der Waals surface area contributed by atoms with Gasteiger partial charge in [-0.1, -0.05) is 39.8 Å². The van der Waals surface area contributed by atoms with Gasteiger partial charge in [0.25, 0.3) is 0 Å². The molecule has 3 N–H and O–H groups in total. The summed E-state index contributed by atoms with van der Waals surface area (Å²) < 4.78 is 27.5. The summed E-state index contributed by atoms with van der Waals surface area (Å²) in [6.07, 6.45) is 4.44. The van der Waals surface area contributed by atoms with Crippen molar-refractivity contribution in [1.82, 2.24) is 5.32 Å². The maximum Gasteiger partial charge on any atom is 0.0903 e. The maximum absolute atomic E-state index is 8.23. The number of aliphatic hydroxyl groups excluding tert-OH is 1. The number of ether oxygens (including phenoxy) is 5. The minimum atomic E-state index is -0.456. The van der Waals surface area contributed by atoms with Crippen molar-refractivity contribution >= 4 is 22.5 Å². The fraction of sp³-hybridized carbons (Fsp3) is 0.913. The van der Waals surface area contributed by atoms with Gasteiger partial charge in [0.15, 0.2) is 0 Å². The number of allylic oxidation sites excluding steroid dienone is 1. The van der Waals surface area contributed by atoms with Crippen LogP contribution in [0.5, 0.6) is 0 Å². The van der Waals surface area contributed by atoms with E-state index in [1.54, 1.807) is 6.08 Å². The van der Waals surface area contributed by atoms with E-state index in [4.69, 9.17) is 46.2 Å². The first-order valence-electron chi connectivity index (χ1n) is 11.7. The molecule has 35 heavy (non-hydrogen) atoms. The first-order chi connectivity index (χ1) is 15.8. The van der Waals surface area contributed by atoms with Crippen LogP contribution in [0, 0.1) is 37.0 Å². The Hall–Kier alpha value is 1.86. The first kappa shape index (κ1) is 43.9. The van der Waals surface area contributed by atoms with Crippen molar-refractivity contribution in [2.75, 3.05) is 79.2 Å². The summed E-state index contributed by atoms with van der Waals surface area (Å²) in [6, 6.07) is 0.482. The summed E-state index contributed by atoms with van der Waals surface area (Å²) >= 11 is 5.13. The molecule has 1 unspecified atom stereocenters. The molecule has 0 spiro atoms. The Morgan fingerprint density at radius 1 is 0.914 bits per heavy atom. The molecule has 0 aliphatic rings. The zero-order valence-corrected chi connectivity index (χ0v) is 30.9. The van der Waals surface area contributed by atoms with Gasteiger partial charge in [0.05, 0.1) is 64.4 Å². The zero-order valence-electron chi connectivity index (χ0n) is 22.2. The van der Waals surface area contributed by atoms with Crippen LogP contribution in [-0.2, 0) is 56.4 Å². The molecular formula is C23H48N2O6S2UW-2. The SMILES string of the molecule is CC(C)/C=C/CO.CC(C)NCCOCCOCCC(C)(OCCOCCOCC[NH-])S[S-].[U].[W]. The predicted molar refractivity (Wildman–Crippen MR) is 141 cm³/mol. The molecule has 0 aliphatic carbocycles. The third-order valence-electron chi connectivity index (χ3n) is 3.93. The van der Waals surface area contributed by atoms with Crippen LogP contribution in [-0.4, -0.2) is 95.2 Å². The van der Waals surface area contributed by atoms with Crippen LogP contribution in [0.2, 0.25) is 0 Å². The van der Waals surface area contributed by atoms with Crippen LogP contribution < -0.4 is 5.32 Å². The molecule has 0 aromatic rings. The van der Waals surface area contributed by atoms with E-state index in [9.17, 15) is 0 Å². The molecule has 0 fully saturated rings. The topological polar surface area (TPSA) is 102 Å². The quantitative estimate of drug-likeness (QED) is 0.0555. The Kier molecular flexibility index (Phi) is 42.5. The van der Waals surface area contributed by atoms with Crippen LogP contribution in [0.25, 0.3) is 5.73 Å². The van der Waals surface area contributed by atoms with Crippen molar-refractivity contribution in [3.8, 4) is 0 Å². The fourth-order valence-corrected chi connectivity index (χ4v) is 2.87. The standard InChI is InChI=1S/C17H37N2O5S2.C6H12O.U.W/c1-16(2)19-6-9-22-12-10-20-7-4-17(3,26-25)24-15-14-23-13-11-21-8-5-18;1-6(2)4-3-5-7;;/h16,18-19,25H,4-15H2,1-3H3;3-4,6-7H,5H2,1-2H3;;/q-1;;;/p-1/b;4-3+;;. The molecule has 0 aromatic carbocycles. The molecule has 1 atom stereocenters. The molecule has 0 rings (SSSR count). The van der Waals surface area contributed by atoms with Gasteiger partial charge in [-0.15, -0.1) is 6.54 Å². The second-order valence-electron chi connectivity index (χ2n) is 7.98. The van der Waals surface area contributed by atoms with Gasteiger partial charge < -0.3 is 51.5 Å². The van der Waals surface area contributed by atoms with E-state index < -0.39 is 4.93 Å². The number of hydrogen-bond acceptors (Lipinski definition) is 9. The summed E-state index contributed by atoms with van der Waals surface area (Å²) in [4.78, 5) is -0.456. The van der Waals surface area contributed by atoms with Crippen molar-refractivity contribution in [1.29, 1.82) is 0 Å². The largest absolute Gasteiger partial charge is 0.716 e. The van der Waals surface area contributed by atoms with Gasteiger partial charge in [0.1, 0.15) is 0 Å². The monoisotopic (exact) mass is 934 g/mol. The smallest absolute Gasteiger partial charge is 0.0903 e. The van der Waals surface area contributed by atoms with Gasteiger partial charge in [0.2, 0.25) is 0 Å². The van der Waals surface area contributed by atoms with Gasteiger partial charge in [0, 0.05) is 77.8 Å². The van der Waals surface area contributed by atoms with Crippen molar-refractivity contribution < 1.29 is 81.0 Å². The second-order valence-corrected chi connectivity index (χ2v) is 9.51. The number of nitrogens with one attached hydrogen (secondary N) is 2. The molecule has 0 radical (unpaired) electrons. The molecule has 8 nitrogen and oxygen atoms in total. The molecular weight excluding hydrogens is 886 g/mol. The molecule has 0 saturated carbocycles. The molecule has 12 heteroatoms.